The van der Waals surface area contributed by atoms with Gasteiger partial charge in [-0.2, -0.15) is 4.31 Å². The molecule has 32 heavy (non-hydrogen) atoms. The van der Waals surface area contributed by atoms with Crippen molar-refractivity contribution in [3.63, 3.8) is 0 Å². The Kier molecular flexibility index (Phi) is 7.24. The summed E-state index contributed by atoms with van der Waals surface area (Å²) in [5.74, 6) is -0.822. The van der Waals surface area contributed by atoms with Crippen molar-refractivity contribution >= 4 is 33.2 Å². The highest BCUT2D eigenvalue weighted by Gasteiger charge is 2.35. The quantitative estimate of drug-likeness (QED) is 0.374. The molecule has 0 fully saturated rings. The fourth-order valence-corrected chi connectivity index (χ4v) is 4.97. The Hall–Kier alpha value is -3.27. The number of rotatable bonds is 9. The van der Waals surface area contributed by atoms with E-state index in [9.17, 15) is 23.3 Å². The molecule has 0 saturated heterocycles. The fourth-order valence-electron chi connectivity index (χ4n) is 3.26. The zero-order chi connectivity index (χ0) is 23.3. The second-order valence-electron chi connectivity index (χ2n) is 6.96. The molecular formula is C22H20ClN3O5S. The van der Waals surface area contributed by atoms with Crippen LogP contribution < -0.4 is 5.73 Å². The minimum atomic E-state index is -4.14. The Morgan fingerprint density at radius 2 is 1.59 bits per heavy atom. The lowest BCUT2D eigenvalue weighted by Crippen LogP contribution is -2.42. The first-order valence-corrected chi connectivity index (χ1v) is 11.4. The van der Waals surface area contributed by atoms with Gasteiger partial charge in [0, 0.05) is 23.7 Å². The van der Waals surface area contributed by atoms with E-state index < -0.39 is 26.9 Å². The van der Waals surface area contributed by atoms with Crippen LogP contribution in [0.25, 0.3) is 0 Å². The lowest BCUT2D eigenvalue weighted by molar-refractivity contribution is -0.384. The molecule has 166 valence electrons. The Morgan fingerprint density at radius 3 is 2.12 bits per heavy atom. The Labute approximate surface area is 190 Å². The third-order valence-corrected chi connectivity index (χ3v) is 6.99. The van der Waals surface area contributed by atoms with E-state index in [0.717, 1.165) is 4.31 Å². The third kappa shape index (κ3) is 5.31. The smallest absolute Gasteiger partial charge is 0.269 e. The van der Waals surface area contributed by atoms with E-state index in [1.165, 1.54) is 36.4 Å². The van der Waals surface area contributed by atoms with Crippen LogP contribution in [0.2, 0.25) is 5.02 Å². The van der Waals surface area contributed by atoms with Crippen LogP contribution in [-0.4, -0.2) is 30.1 Å². The van der Waals surface area contributed by atoms with Gasteiger partial charge < -0.3 is 5.73 Å². The number of sulfonamides is 1. The van der Waals surface area contributed by atoms with Crippen molar-refractivity contribution in [2.45, 2.75) is 17.4 Å². The van der Waals surface area contributed by atoms with Gasteiger partial charge in [0.05, 0.1) is 9.82 Å². The summed E-state index contributed by atoms with van der Waals surface area (Å²) in [7, 11) is -4.14. The number of carbonyl (C=O) groups is 1. The summed E-state index contributed by atoms with van der Waals surface area (Å²) in [4.78, 5) is 22.7. The summed E-state index contributed by atoms with van der Waals surface area (Å²) in [6.45, 7) is -0.0781. The van der Waals surface area contributed by atoms with Crippen molar-refractivity contribution in [2.24, 2.45) is 5.73 Å². The number of carbonyl (C=O) groups excluding carboxylic acids is 1. The monoisotopic (exact) mass is 473 g/mol. The minimum Gasteiger partial charge on any atom is -0.368 e. The van der Waals surface area contributed by atoms with E-state index in [2.05, 4.69) is 0 Å². The number of hydrogen-bond acceptors (Lipinski definition) is 5. The van der Waals surface area contributed by atoms with Crippen LogP contribution >= 0.6 is 11.6 Å². The molecule has 0 aliphatic heterocycles. The van der Waals surface area contributed by atoms with E-state index in [1.807, 2.05) is 0 Å². The van der Waals surface area contributed by atoms with Crippen LogP contribution in [0.5, 0.6) is 0 Å². The first-order valence-electron chi connectivity index (χ1n) is 9.55. The number of nitrogens with two attached hydrogens (primary N) is 1. The van der Waals surface area contributed by atoms with Gasteiger partial charge in [0.1, 0.15) is 6.04 Å². The summed E-state index contributed by atoms with van der Waals surface area (Å²) in [5.41, 5.74) is 6.68. The fraction of sp³-hybridized carbons (Fsp3) is 0.136. The molecule has 3 aromatic rings. The highest BCUT2D eigenvalue weighted by Crippen LogP contribution is 2.29. The van der Waals surface area contributed by atoms with Gasteiger partial charge in [-0.3, -0.25) is 14.9 Å². The molecule has 1 atom stereocenters. The van der Waals surface area contributed by atoms with E-state index in [1.54, 1.807) is 42.5 Å². The average molecular weight is 474 g/mol. The van der Waals surface area contributed by atoms with Crippen molar-refractivity contribution in [2.75, 3.05) is 6.54 Å². The maximum atomic E-state index is 13.5. The lowest BCUT2D eigenvalue weighted by Gasteiger charge is -2.29. The maximum absolute atomic E-state index is 13.5. The van der Waals surface area contributed by atoms with Crippen molar-refractivity contribution in [3.05, 3.63) is 105 Å². The normalized spacial score (nSPS) is 12.4. The number of halogens is 1. The summed E-state index contributed by atoms with van der Waals surface area (Å²) >= 11 is 5.90. The predicted octanol–water partition coefficient (Wildman–Crippen LogP) is 3.71. The largest absolute Gasteiger partial charge is 0.368 e. The highest BCUT2D eigenvalue weighted by atomic mass is 35.5. The van der Waals surface area contributed by atoms with Crippen LogP contribution in [0, 0.1) is 10.1 Å². The number of primary amides is 1. The van der Waals surface area contributed by atoms with Gasteiger partial charge in [0.25, 0.3) is 5.69 Å². The SMILES string of the molecule is NC(=O)[C@@H](c1ccccc1)N(CCc1ccc([N+](=O)[O-])cc1)S(=O)(=O)c1ccc(Cl)cc1. The highest BCUT2D eigenvalue weighted by molar-refractivity contribution is 7.89. The van der Waals surface area contributed by atoms with Crippen LogP contribution in [0.15, 0.2) is 83.8 Å². The number of benzene rings is 3. The van der Waals surface area contributed by atoms with Crippen LogP contribution in [0.4, 0.5) is 5.69 Å². The predicted molar refractivity (Wildman–Crippen MR) is 121 cm³/mol. The molecule has 0 bridgehead atoms. The summed E-state index contributed by atoms with van der Waals surface area (Å²) in [6, 6.07) is 18.5. The van der Waals surface area contributed by atoms with Crippen molar-refractivity contribution in [3.8, 4) is 0 Å². The molecule has 0 aliphatic rings. The molecule has 8 nitrogen and oxygen atoms in total. The van der Waals surface area contributed by atoms with Crippen LogP contribution in [-0.2, 0) is 21.2 Å². The number of nitro benzene ring substituents is 1. The average Bonchev–Trinajstić information content (AvgIpc) is 2.77. The molecule has 0 heterocycles. The molecule has 3 aromatic carbocycles. The third-order valence-electron chi connectivity index (χ3n) is 4.86. The standard InChI is InChI=1S/C22H20ClN3O5S/c23-18-8-12-20(13-9-18)32(30,31)25(21(22(24)27)17-4-2-1-3-5-17)15-14-16-6-10-19(11-7-16)26(28)29/h1-13,21H,14-15H2,(H2,24,27)/t21-/m1/s1. The molecule has 0 saturated carbocycles. The van der Waals surface area contributed by atoms with Gasteiger partial charge in [0.2, 0.25) is 15.9 Å². The molecule has 0 aromatic heterocycles. The molecule has 3 rings (SSSR count). The molecule has 0 aliphatic carbocycles. The van der Waals surface area contributed by atoms with Crippen molar-refractivity contribution < 1.29 is 18.1 Å². The zero-order valence-electron chi connectivity index (χ0n) is 16.8. The number of hydrogen-bond donors (Lipinski definition) is 1. The Balaban J connectivity index is 2.00. The molecular weight excluding hydrogens is 454 g/mol. The number of amides is 1. The number of nitrogens with zero attached hydrogens (tertiary/aromatic N) is 2. The lowest BCUT2D eigenvalue weighted by atomic mass is 10.1. The maximum Gasteiger partial charge on any atom is 0.269 e. The summed E-state index contributed by atoms with van der Waals surface area (Å²) in [5, 5.41) is 11.2. The molecule has 0 unspecified atom stereocenters. The number of nitro groups is 1. The summed E-state index contributed by atoms with van der Waals surface area (Å²) in [6.07, 6.45) is 0.210. The number of non-ortho nitro benzene ring substituents is 1. The van der Waals surface area contributed by atoms with Crippen molar-refractivity contribution in [1.29, 1.82) is 0 Å². The van der Waals surface area contributed by atoms with E-state index in [-0.39, 0.29) is 23.5 Å². The van der Waals surface area contributed by atoms with Crippen molar-refractivity contribution in [1.82, 2.24) is 4.31 Å². The van der Waals surface area contributed by atoms with Crippen LogP contribution in [0.1, 0.15) is 17.2 Å². The van der Waals surface area contributed by atoms with Gasteiger partial charge in [-0.15, -0.1) is 0 Å². The van der Waals surface area contributed by atoms with Gasteiger partial charge in [-0.1, -0.05) is 54.1 Å². The topological polar surface area (TPSA) is 124 Å². The second-order valence-corrected chi connectivity index (χ2v) is 9.29. The van der Waals surface area contributed by atoms with E-state index in [4.69, 9.17) is 17.3 Å². The second kappa shape index (κ2) is 9.90. The van der Waals surface area contributed by atoms with E-state index >= 15 is 0 Å². The molecule has 1 amide bonds. The zero-order valence-corrected chi connectivity index (χ0v) is 18.4. The first-order chi connectivity index (χ1) is 15.2. The van der Waals surface area contributed by atoms with Crippen LogP contribution in [0.3, 0.4) is 0 Å². The molecule has 2 N–H and O–H groups in total. The molecule has 0 spiro atoms. The van der Waals surface area contributed by atoms with E-state index in [0.29, 0.717) is 16.1 Å². The van der Waals surface area contributed by atoms with Gasteiger partial charge in [0.15, 0.2) is 0 Å². The Bertz CT molecular complexity index is 1200. The van der Waals surface area contributed by atoms with Gasteiger partial charge in [-0.05, 0) is 41.8 Å². The Morgan fingerprint density at radius 1 is 1.00 bits per heavy atom. The van der Waals surface area contributed by atoms with Gasteiger partial charge in [-0.25, -0.2) is 8.42 Å². The molecule has 0 radical (unpaired) electrons. The molecule has 10 heteroatoms. The summed E-state index contributed by atoms with van der Waals surface area (Å²) < 4.78 is 28.1. The van der Waals surface area contributed by atoms with Gasteiger partial charge >= 0.3 is 0 Å². The minimum absolute atomic E-state index is 0.0345. The first kappa shape index (κ1) is 23.4.